The van der Waals surface area contributed by atoms with Gasteiger partial charge in [0, 0.05) is 31.2 Å². The first kappa shape index (κ1) is 20.6. The molecule has 1 amide bonds. The zero-order valence-electron chi connectivity index (χ0n) is 15.9. The summed E-state index contributed by atoms with van der Waals surface area (Å²) in [6.45, 7) is 4.90. The van der Waals surface area contributed by atoms with Crippen LogP contribution >= 0.6 is 0 Å². The predicted molar refractivity (Wildman–Crippen MR) is 98.9 cm³/mol. The summed E-state index contributed by atoms with van der Waals surface area (Å²) in [5.41, 5.74) is 6.43. The van der Waals surface area contributed by atoms with Gasteiger partial charge in [-0.2, -0.15) is 13.2 Å². The van der Waals surface area contributed by atoms with Crippen LogP contribution in [-0.2, 0) is 4.79 Å². The molecule has 3 N–H and O–H groups in total. The molecule has 1 aliphatic heterocycles. The molecule has 0 spiro atoms. The van der Waals surface area contributed by atoms with Crippen molar-refractivity contribution in [2.24, 2.45) is 23.5 Å². The molecule has 2 aliphatic carbocycles. The van der Waals surface area contributed by atoms with Gasteiger partial charge in [-0.1, -0.05) is 13.0 Å². The lowest BCUT2D eigenvalue weighted by Crippen LogP contribution is -2.60. The van der Waals surface area contributed by atoms with Crippen molar-refractivity contribution < 1.29 is 18.0 Å². The molecule has 154 valence electrons. The summed E-state index contributed by atoms with van der Waals surface area (Å²) in [5, 5.41) is 2.89. The number of likely N-dealkylation sites (tertiary alicyclic amines) is 1. The SMILES string of the molecule is C=CC(=O)NCC1CC2C(N)CCCC2N(C2CCC(C(F)(F)F)CC2)C1. The van der Waals surface area contributed by atoms with Gasteiger partial charge >= 0.3 is 6.18 Å². The van der Waals surface area contributed by atoms with Crippen molar-refractivity contribution in [3.05, 3.63) is 12.7 Å². The van der Waals surface area contributed by atoms with Crippen LogP contribution in [0.5, 0.6) is 0 Å². The highest BCUT2D eigenvalue weighted by Crippen LogP contribution is 2.43. The third-order valence-corrected chi connectivity index (χ3v) is 6.96. The van der Waals surface area contributed by atoms with E-state index in [1.54, 1.807) is 0 Å². The van der Waals surface area contributed by atoms with Gasteiger partial charge in [0.2, 0.25) is 5.91 Å². The van der Waals surface area contributed by atoms with Crippen LogP contribution in [0.1, 0.15) is 51.4 Å². The number of amides is 1. The molecule has 0 aromatic carbocycles. The minimum atomic E-state index is -4.07. The number of hydrogen-bond donors (Lipinski definition) is 2. The molecule has 3 rings (SSSR count). The second-order valence-corrected chi connectivity index (χ2v) is 8.62. The smallest absolute Gasteiger partial charge is 0.352 e. The zero-order chi connectivity index (χ0) is 19.6. The molecule has 4 unspecified atom stereocenters. The van der Waals surface area contributed by atoms with Gasteiger partial charge in [0.25, 0.3) is 0 Å². The summed E-state index contributed by atoms with van der Waals surface area (Å²) in [4.78, 5) is 14.0. The molecule has 27 heavy (non-hydrogen) atoms. The van der Waals surface area contributed by atoms with E-state index < -0.39 is 12.1 Å². The maximum Gasteiger partial charge on any atom is 0.391 e. The first-order chi connectivity index (χ1) is 12.8. The third kappa shape index (κ3) is 4.86. The number of fused-ring (bicyclic) bond motifs is 1. The number of rotatable bonds is 4. The minimum Gasteiger partial charge on any atom is -0.352 e. The molecule has 0 radical (unpaired) electrons. The number of piperidine rings is 1. The van der Waals surface area contributed by atoms with Gasteiger partial charge in [-0.3, -0.25) is 9.69 Å². The van der Waals surface area contributed by atoms with E-state index in [-0.39, 0.29) is 30.8 Å². The fraction of sp³-hybridized carbons (Fsp3) is 0.850. The van der Waals surface area contributed by atoms with Gasteiger partial charge < -0.3 is 11.1 Å². The predicted octanol–water partition coefficient (Wildman–Crippen LogP) is 3.23. The van der Waals surface area contributed by atoms with Crippen LogP contribution in [0.25, 0.3) is 0 Å². The number of alkyl halides is 3. The maximum absolute atomic E-state index is 13.0. The molecule has 1 saturated heterocycles. The number of hydrogen-bond acceptors (Lipinski definition) is 3. The maximum atomic E-state index is 13.0. The van der Waals surface area contributed by atoms with E-state index in [0.717, 1.165) is 32.2 Å². The highest BCUT2D eigenvalue weighted by Gasteiger charge is 2.46. The Morgan fingerprint density at radius 2 is 1.89 bits per heavy atom. The number of nitrogens with two attached hydrogens (primary N) is 1. The van der Waals surface area contributed by atoms with Crippen molar-refractivity contribution in [3.8, 4) is 0 Å². The van der Waals surface area contributed by atoms with E-state index in [2.05, 4.69) is 16.8 Å². The highest BCUT2D eigenvalue weighted by molar-refractivity contribution is 5.86. The van der Waals surface area contributed by atoms with E-state index in [4.69, 9.17) is 5.73 Å². The van der Waals surface area contributed by atoms with E-state index in [1.165, 1.54) is 6.08 Å². The molecule has 1 heterocycles. The van der Waals surface area contributed by atoms with Crippen LogP contribution in [0, 0.1) is 17.8 Å². The van der Waals surface area contributed by atoms with Crippen LogP contribution in [0.2, 0.25) is 0 Å². The van der Waals surface area contributed by atoms with Gasteiger partial charge in [-0.25, -0.2) is 0 Å². The van der Waals surface area contributed by atoms with E-state index in [9.17, 15) is 18.0 Å². The Kier molecular flexibility index (Phi) is 6.51. The van der Waals surface area contributed by atoms with Crippen molar-refractivity contribution in [1.29, 1.82) is 0 Å². The lowest BCUT2D eigenvalue weighted by Gasteiger charge is -2.53. The Bertz CT molecular complexity index is 531. The summed E-state index contributed by atoms with van der Waals surface area (Å²) in [7, 11) is 0. The molecule has 0 aromatic rings. The monoisotopic (exact) mass is 387 g/mol. The van der Waals surface area contributed by atoms with Gasteiger partial charge in [-0.15, -0.1) is 0 Å². The number of nitrogens with zero attached hydrogens (tertiary/aromatic N) is 1. The first-order valence-electron chi connectivity index (χ1n) is 10.3. The van der Waals surface area contributed by atoms with Gasteiger partial charge in [0.15, 0.2) is 0 Å². The Hall–Kier alpha value is -1.08. The summed E-state index contributed by atoms with van der Waals surface area (Å²) in [6.07, 6.45) is 3.05. The quantitative estimate of drug-likeness (QED) is 0.728. The third-order valence-electron chi connectivity index (χ3n) is 6.96. The van der Waals surface area contributed by atoms with Crippen LogP contribution in [0.3, 0.4) is 0 Å². The summed E-state index contributed by atoms with van der Waals surface area (Å²) in [6, 6.07) is 0.738. The van der Waals surface area contributed by atoms with E-state index >= 15 is 0 Å². The molecular formula is C20H32F3N3O. The van der Waals surface area contributed by atoms with Gasteiger partial charge in [0.1, 0.15) is 0 Å². The molecule has 0 aromatic heterocycles. The van der Waals surface area contributed by atoms with Crippen LogP contribution in [0.4, 0.5) is 13.2 Å². The number of halogens is 3. The molecule has 3 aliphatic rings. The molecule has 3 fully saturated rings. The van der Waals surface area contributed by atoms with Crippen LogP contribution in [0.15, 0.2) is 12.7 Å². The van der Waals surface area contributed by atoms with E-state index in [0.29, 0.717) is 37.3 Å². The van der Waals surface area contributed by atoms with Gasteiger partial charge in [-0.05, 0) is 62.9 Å². The fourth-order valence-corrected chi connectivity index (χ4v) is 5.53. The second kappa shape index (κ2) is 8.52. The van der Waals surface area contributed by atoms with E-state index in [1.807, 2.05) is 0 Å². The van der Waals surface area contributed by atoms with Crippen LogP contribution in [-0.4, -0.2) is 48.2 Å². The molecule has 4 nitrogen and oxygen atoms in total. The largest absolute Gasteiger partial charge is 0.391 e. The Morgan fingerprint density at radius 1 is 1.19 bits per heavy atom. The minimum absolute atomic E-state index is 0.149. The Balaban J connectivity index is 1.67. The summed E-state index contributed by atoms with van der Waals surface area (Å²) >= 11 is 0. The fourth-order valence-electron chi connectivity index (χ4n) is 5.53. The van der Waals surface area contributed by atoms with Crippen LogP contribution < -0.4 is 11.1 Å². The van der Waals surface area contributed by atoms with Crippen molar-refractivity contribution >= 4 is 5.91 Å². The summed E-state index contributed by atoms with van der Waals surface area (Å²) in [5.74, 6) is -0.661. The Labute approximate surface area is 159 Å². The number of carbonyl (C=O) groups is 1. The normalized spacial score (nSPS) is 38.1. The molecule has 7 heteroatoms. The topological polar surface area (TPSA) is 58.4 Å². The zero-order valence-corrected chi connectivity index (χ0v) is 15.9. The van der Waals surface area contributed by atoms with Crippen molar-refractivity contribution in [3.63, 3.8) is 0 Å². The highest BCUT2D eigenvalue weighted by atomic mass is 19.4. The average molecular weight is 387 g/mol. The molecule has 2 saturated carbocycles. The second-order valence-electron chi connectivity index (χ2n) is 8.62. The van der Waals surface area contributed by atoms with Crippen molar-refractivity contribution in [2.75, 3.05) is 13.1 Å². The molecular weight excluding hydrogens is 355 g/mol. The Morgan fingerprint density at radius 3 is 2.52 bits per heavy atom. The van der Waals surface area contributed by atoms with Crippen molar-refractivity contribution in [2.45, 2.75) is 75.7 Å². The molecule has 0 bridgehead atoms. The summed E-state index contributed by atoms with van der Waals surface area (Å²) < 4.78 is 39.1. The standard InChI is InChI=1S/C20H32F3N3O/c1-2-19(27)25-11-13-10-16-17(24)4-3-5-18(16)26(12-13)15-8-6-14(7-9-15)20(21,22)23/h2,13-18H,1,3-12,24H2,(H,25,27). The first-order valence-corrected chi connectivity index (χ1v) is 10.3. The lowest BCUT2D eigenvalue weighted by molar-refractivity contribution is -0.186. The van der Waals surface area contributed by atoms with Crippen molar-refractivity contribution in [1.82, 2.24) is 10.2 Å². The number of carbonyl (C=O) groups excluding carboxylic acids is 1. The lowest BCUT2D eigenvalue weighted by atomic mass is 9.71. The average Bonchev–Trinajstić information content (AvgIpc) is 2.65. The number of nitrogens with one attached hydrogen (secondary N) is 1. The van der Waals surface area contributed by atoms with Gasteiger partial charge in [0.05, 0.1) is 5.92 Å². The molecule has 4 atom stereocenters.